The second kappa shape index (κ2) is 5.55. The Morgan fingerprint density at radius 2 is 1.68 bits per heavy atom. The molecule has 1 saturated heterocycles. The molecule has 0 aromatic heterocycles. The van der Waals surface area contributed by atoms with Crippen molar-refractivity contribution >= 4 is 11.9 Å². The molecule has 0 N–H and O–H groups in total. The molecule has 1 fully saturated rings. The first-order chi connectivity index (χ1) is 9.03. The van der Waals surface area contributed by atoms with Gasteiger partial charge in [0.1, 0.15) is 0 Å². The highest BCUT2D eigenvalue weighted by molar-refractivity contribution is 5.90. The fraction of sp³-hybridized carbons (Fsp3) is 0.500. The molecule has 1 aliphatic heterocycles. The van der Waals surface area contributed by atoms with Crippen molar-refractivity contribution in [2.45, 2.75) is 51.4 Å². The van der Waals surface area contributed by atoms with E-state index < -0.39 is 17.4 Å². The van der Waals surface area contributed by atoms with E-state index in [1.807, 2.05) is 19.1 Å². The van der Waals surface area contributed by atoms with E-state index in [4.69, 9.17) is 0 Å². The maximum atomic E-state index is 11.4. The van der Waals surface area contributed by atoms with Crippen molar-refractivity contribution in [3.8, 4) is 0 Å². The lowest BCUT2D eigenvalue weighted by atomic mass is 9.75. The summed E-state index contributed by atoms with van der Waals surface area (Å²) in [7, 11) is 0. The molecule has 102 valence electrons. The van der Waals surface area contributed by atoms with E-state index in [0.717, 1.165) is 12.0 Å². The fourth-order valence-electron chi connectivity index (χ4n) is 2.56. The molecule has 2 rings (SSSR count). The summed E-state index contributed by atoms with van der Waals surface area (Å²) in [5.41, 5.74) is 1.92. The van der Waals surface area contributed by atoms with E-state index >= 15 is 0 Å². The van der Waals surface area contributed by atoms with Crippen molar-refractivity contribution in [2.75, 3.05) is 0 Å². The molecule has 0 amide bonds. The van der Waals surface area contributed by atoms with Gasteiger partial charge in [-0.3, -0.25) is 9.59 Å². The van der Waals surface area contributed by atoms with Gasteiger partial charge >= 0.3 is 11.9 Å². The number of benzene rings is 1. The van der Waals surface area contributed by atoms with Gasteiger partial charge in [0.15, 0.2) is 0 Å². The molecule has 0 radical (unpaired) electrons. The van der Waals surface area contributed by atoms with E-state index in [2.05, 4.69) is 23.8 Å². The lowest BCUT2D eigenvalue weighted by Crippen LogP contribution is -2.36. The van der Waals surface area contributed by atoms with Crippen molar-refractivity contribution in [3.63, 3.8) is 0 Å². The van der Waals surface area contributed by atoms with Crippen LogP contribution in [-0.2, 0) is 26.2 Å². The summed E-state index contributed by atoms with van der Waals surface area (Å²) >= 11 is 0. The number of rotatable bonds is 4. The smallest absolute Gasteiger partial charge is 0.314 e. The van der Waals surface area contributed by atoms with Crippen molar-refractivity contribution in [3.05, 3.63) is 35.4 Å². The number of hydrogen-bond acceptors (Lipinski definition) is 3. The fourth-order valence-corrected chi connectivity index (χ4v) is 2.56. The first kappa shape index (κ1) is 13.8. The zero-order valence-electron chi connectivity index (χ0n) is 11.6. The van der Waals surface area contributed by atoms with Gasteiger partial charge < -0.3 is 4.74 Å². The molecular weight excluding hydrogens is 240 g/mol. The molecule has 3 heteroatoms. The van der Waals surface area contributed by atoms with Crippen molar-refractivity contribution < 1.29 is 14.3 Å². The molecule has 0 aliphatic carbocycles. The summed E-state index contributed by atoms with van der Waals surface area (Å²) < 4.78 is 4.60. The molecule has 0 saturated carbocycles. The average molecular weight is 260 g/mol. The second-order valence-corrected chi connectivity index (χ2v) is 5.56. The first-order valence-electron chi connectivity index (χ1n) is 6.86. The van der Waals surface area contributed by atoms with Gasteiger partial charge in [0.2, 0.25) is 0 Å². The molecule has 0 bridgehead atoms. The molecule has 1 aromatic rings. The summed E-state index contributed by atoms with van der Waals surface area (Å²) in [4.78, 5) is 22.9. The normalized spacial score (nSPS) is 18.2. The number of aryl methyl sites for hydroxylation is 1. The molecule has 19 heavy (non-hydrogen) atoms. The summed E-state index contributed by atoms with van der Waals surface area (Å²) in [6.45, 7) is 4.13. The van der Waals surface area contributed by atoms with Gasteiger partial charge in [-0.2, -0.15) is 0 Å². The van der Waals surface area contributed by atoms with E-state index in [0.29, 0.717) is 0 Å². The van der Waals surface area contributed by atoms with Crippen molar-refractivity contribution in [2.24, 2.45) is 0 Å². The predicted octanol–water partition coefficient (Wildman–Crippen LogP) is 3.15. The van der Waals surface area contributed by atoms with Crippen LogP contribution in [0, 0.1) is 0 Å². The Hall–Kier alpha value is -1.64. The summed E-state index contributed by atoms with van der Waals surface area (Å²) in [6.07, 6.45) is 3.98. The molecule has 1 heterocycles. The van der Waals surface area contributed by atoms with Crippen molar-refractivity contribution in [1.82, 2.24) is 0 Å². The lowest BCUT2D eigenvalue weighted by Gasteiger charge is -2.31. The highest BCUT2D eigenvalue weighted by atomic mass is 16.6. The lowest BCUT2D eigenvalue weighted by molar-refractivity contribution is -0.166. The van der Waals surface area contributed by atoms with Crippen LogP contribution in [0.1, 0.15) is 50.7 Å². The van der Waals surface area contributed by atoms with E-state index in [1.165, 1.54) is 18.4 Å². The van der Waals surface area contributed by atoms with Gasteiger partial charge in [-0.1, -0.05) is 44.5 Å². The van der Waals surface area contributed by atoms with Crippen LogP contribution in [0.5, 0.6) is 0 Å². The quantitative estimate of drug-likeness (QED) is 0.617. The van der Waals surface area contributed by atoms with Crippen LogP contribution >= 0.6 is 0 Å². The SMILES string of the molecule is CCCCc1ccc(C2(C)CC(=O)OC(=O)C2)cc1. The van der Waals surface area contributed by atoms with Crippen LogP contribution in [0.2, 0.25) is 0 Å². The number of ether oxygens (including phenoxy) is 1. The first-order valence-corrected chi connectivity index (χ1v) is 6.86. The van der Waals surface area contributed by atoms with Crippen molar-refractivity contribution in [1.29, 1.82) is 0 Å². The Morgan fingerprint density at radius 1 is 1.11 bits per heavy atom. The number of carbonyl (C=O) groups excluding carboxylic acids is 2. The standard InChI is InChI=1S/C16H20O3/c1-3-4-5-12-6-8-13(9-7-12)16(2)10-14(17)19-15(18)11-16/h6-9H,3-5,10-11H2,1-2H3. The Kier molecular flexibility index (Phi) is 4.03. The van der Waals surface area contributed by atoms with E-state index in [-0.39, 0.29) is 12.8 Å². The van der Waals surface area contributed by atoms with E-state index in [1.54, 1.807) is 0 Å². The molecule has 0 unspecified atom stereocenters. The number of carbonyl (C=O) groups is 2. The molecule has 3 nitrogen and oxygen atoms in total. The zero-order valence-corrected chi connectivity index (χ0v) is 11.6. The van der Waals surface area contributed by atoms with E-state index in [9.17, 15) is 9.59 Å². The van der Waals surface area contributed by atoms with Gasteiger partial charge in [-0.15, -0.1) is 0 Å². The van der Waals surface area contributed by atoms with Gasteiger partial charge in [0.25, 0.3) is 0 Å². The Balaban J connectivity index is 2.16. The zero-order chi connectivity index (χ0) is 13.9. The Morgan fingerprint density at radius 3 is 2.21 bits per heavy atom. The maximum absolute atomic E-state index is 11.4. The minimum absolute atomic E-state index is 0.271. The van der Waals surface area contributed by atoms with Crippen LogP contribution in [0.4, 0.5) is 0 Å². The summed E-state index contributed by atoms with van der Waals surface area (Å²) in [6, 6.07) is 8.27. The summed E-state index contributed by atoms with van der Waals surface area (Å²) in [5.74, 6) is -0.845. The summed E-state index contributed by atoms with van der Waals surface area (Å²) in [5, 5.41) is 0. The van der Waals surface area contributed by atoms with Crippen LogP contribution in [0.15, 0.2) is 24.3 Å². The number of unbranched alkanes of at least 4 members (excludes halogenated alkanes) is 1. The van der Waals surface area contributed by atoms with Gasteiger partial charge in [0, 0.05) is 5.41 Å². The number of esters is 2. The molecule has 0 spiro atoms. The monoisotopic (exact) mass is 260 g/mol. The van der Waals surface area contributed by atoms with Crippen LogP contribution in [-0.4, -0.2) is 11.9 Å². The van der Waals surface area contributed by atoms with Gasteiger partial charge in [-0.25, -0.2) is 0 Å². The largest absolute Gasteiger partial charge is 0.393 e. The molecular formula is C16H20O3. The second-order valence-electron chi connectivity index (χ2n) is 5.56. The maximum Gasteiger partial charge on any atom is 0.314 e. The number of cyclic esters (lactones) is 2. The third-order valence-corrected chi connectivity index (χ3v) is 3.77. The molecule has 1 aromatic carbocycles. The minimum Gasteiger partial charge on any atom is -0.393 e. The van der Waals surface area contributed by atoms with Gasteiger partial charge in [-0.05, 0) is 24.0 Å². The highest BCUT2D eigenvalue weighted by Gasteiger charge is 2.38. The number of hydrogen-bond donors (Lipinski definition) is 0. The highest BCUT2D eigenvalue weighted by Crippen LogP contribution is 2.35. The Labute approximate surface area is 114 Å². The topological polar surface area (TPSA) is 43.4 Å². The van der Waals surface area contributed by atoms with Crippen LogP contribution < -0.4 is 0 Å². The molecule has 1 aliphatic rings. The van der Waals surface area contributed by atoms with Crippen LogP contribution in [0.3, 0.4) is 0 Å². The third kappa shape index (κ3) is 3.22. The van der Waals surface area contributed by atoms with Crippen LogP contribution in [0.25, 0.3) is 0 Å². The Bertz CT molecular complexity index is 457. The van der Waals surface area contributed by atoms with Gasteiger partial charge in [0.05, 0.1) is 12.8 Å². The average Bonchev–Trinajstić information content (AvgIpc) is 2.35. The molecule has 0 atom stereocenters. The minimum atomic E-state index is -0.422. The third-order valence-electron chi connectivity index (χ3n) is 3.77. The predicted molar refractivity (Wildman–Crippen MR) is 72.7 cm³/mol.